The van der Waals surface area contributed by atoms with Crippen molar-refractivity contribution in [1.82, 2.24) is 15.2 Å². The summed E-state index contributed by atoms with van der Waals surface area (Å²) < 4.78 is 5.38. The number of benzene rings is 2. The van der Waals surface area contributed by atoms with E-state index in [1.165, 1.54) is 4.90 Å². The second-order valence-electron chi connectivity index (χ2n) is 10.1. The quantitative estimate of drug-likeness (QED) is 0.474. The van der Waals surface area contributed by atoms with Gasteiger partial charge in [-0.25, -0.2) is 0 Å². The molecule has 38 heavy (non-hydrogen) atoms. The van der Waals surface area contributed by atoms with Crippen molar-refractivity contribution in [1.29, 1.82) is 5.26 Å². The highest BCUT2D eigenvalue weighted by atomic mass is 16.5. The van der Waals surface area contributed by atoms with Crippen molar-refractivity contribution in [3.05, 3.63) is 60.3 Å². The SMILES string of the molecule is COc1cccc2[nH]c(C(=O)NC(CC(C)C)C(=O)N3CC(C(=O)N(C)c4ccccc4)CC3C#N)cc12. The van der Waals surface area contributed by atoms with E-state index in [4.69, 9.17) is 4.74 Å². The minimum absolute atomic E-state index is 0.108. The molecule has 1 saturated heterocycles. The summed E-state index contributed by atoms with van der Waals surface area (Å²) in [5.41, 5.74) is 1.80. The lowest BCUT2D eigenvalue weighted by molar-refractivity contribution is -0.134. The van der Waals surface area contributed by atoms with Crippen LogP contribution in [0.2, 0.25) is 0 Å². The second kappa shape index (κ2) is 11.4. The Balaban J connectivity index is 1.52. The number of carbonyl (C=O) groups excluding carboxylic acids is 3. The number of aromatic nitrogens is 1. The molecular formula is C29H33N5O4. The lowest BCUT2D eigenvalue weighted by Gasteiger charge is -2.27. The van der Waals surface area contributed by atoms with Crippen LogP contribution in [0.25, 0.3) is 10.9 Å². The summed E-state index contributed by atoms with van der Waals surface area (Å²) in [5, 5.41) is 13.5. The highest BCUT2D eigenvalue weighted by molar-refractivity contribution is 6.02. The number of aromatic amines is 1. The lowest BCUT2D eigenvalue weighted by atomic mass is 10.0. The number of hydrogen-bond acceptors (Lipinski definition) is 5. The predicted octanol–water partition coefficient (Wildman–Crippen LogP) is 3.72. The first-order chi connectivity index (χ1) is 18.2. The summed E-state index contributed by atoms with van der Waals surface area (Å²) in [6, 6.07) is 17.0. The van der Waals surface area contributed by atoms with Gasteiger partial charge in [0.15, 0.2) is 0 Å². The van der Waals surface area contributed by atoms with Crippen molar-refractivity contribution in [3.8, 4) is 11.8 Å². The van der Waals surface area contributed by atoms with E-state index in [-0.39, 0.29) is 30.7 Å². The Bertz CT molecular complexity index is 1360. The molecule has 3 unspecified atom stereocenters. The molecule has 9 heteroatoms. The van der Waals surface area contributed by atoms with E-state index in [0.29, 0.717) is 17.9 Å². The van der Waals surface area contributed by atoms with Gasteiger partial charge < -0.3 is 24.8 Å². The third-order valence-electron chi connectivity index (χ3n) is 6.96. The average Bonchev–Trinajstić information content (AvgIpc) is 3.56. The third kappa shape index (κ3) is 5.49. The van der Waals surface area contributed by atoms with Gasteiger partial charge in [-0.3, -0.25) is 14.4 Å². The molecule has 3 atom stereocenters. The molecule has 198 valence electrons. The van der Waals surface area contributed by atoms with Crippen molar-refractivity contribution in [3.63, 3.8) is 0 Å². The van der Waals surface area contributed by atoms with Crippen LogP contribution in [0.4, 0.5) is 5.69 Å². The van der Waals surface area contributed by atoms with E-state index in [2.05, 4.69) is 16.4 Å². The zero-order valence-corrected chi connectivity index (χ0v) is 22.1. The fraction of sp³-hybridized carbons (Fsp3) is 0.379. The van der Waals surface area contributed by atoms with Crippen LogP contribution < -0.4 is 15.0 Å². The third-order valence-corrected chi connectivity index (χ3v) is 6.96. The van der Waals surface area contributed by atoms with Crippen LogP contribution in [0.1, 0.15) is 37.2 Å². The van der Waals surface area contributed by atoms with Gasteiger partial charge in [-0.1, -0.05) is 38.1 Å². The molecule has 1 aliphatic rings. The number of fused-ring (bicyclic) bond motifs is 1. The molecule has 3 aromatic rings. The van der Waals surface area contributed by atoms with Crippen molar-refractivity contribution in [2.45, 2.75) is 38.8 Å². The predicted molar refractivity (Wildman–Crippen MR) is 145 cm³/mol. The van der Waals surface area contributed by atoms with Gasteiger partial charge >= 0.3 is 0 Å². The van der Waals surface area contributed by atoms with E-state index >= 15 is 0 Å². The minimum atomic E-state index is -0.840. The van der Waals surface area contributed by atoms with Crippen LogP contribution in [-0.4, -0.2) is 60.4 Å². The number of anilines is 1. The number of nitriles is 1. The van der Waals surface area contributed by atoms with E-state index in [0.717, 1.165) is 16.6 Å². The van der Waals surface area contributed by atoms with Gasteiger partial charge in [-0.15, -0.1) is 0 Å². The number of amides is 3. The molecule has 2 heterocycles. The molecule has 0 aliphatic carbocycles. The first-order valence-electron chi connectivity index (χ1n) is 12.7. The molecule has 2 N–H and O–H groups in total. The van der Waals surface area contributed by atoms with Crippen LogP contribution in [-0.2, 0) is 9.59 Å². The molecular weight excluding hydrogens is 482 g/mol. The largest absolute Gasteiger partial charge is 0.496 e. The van der Waals surface area contributed by atoms with Gasteiger partial charge in [0.05, 0.1) is 19.1 Å². The molecule has 3 amide bonds. The van der Waals surface area contributed by atoms with E-state index in [1.54, 1.807) is 25.1 Å². The van der Waals surface area contributed by atoms with E-state index in [9.17, 15) is 19.6 Å². The number of carbonyl (C=O) groups is 3. The summed E-state index contributed by atoms with van der Waals surface area (Å²) in [4.78, 5) is 46.2. The number of rotatable bonds is 8. The first-order valence-corrected chi connectivity index (χ1v) is 12.7. The van der Waals surface area contributed by atoms with E-state index in [1.807, 2.05) is 62.4 Å². The molecule has 1 aromatic heterocycles. The number of nitrogens with zero attached hydrogens (tertiary/aromatic N) is 3. The zero-order valence-electron chi connectivity index (χ0n) is 22.1. The average molecular weight is 516 g/mol. The Morgan fingerprint density at radius 2 is 1.92 bits per heavy atom. The topological polar surface area (TPSA) is 119 Å². The molecule has 0 saturated carbocycles. The molecule has 2 aromatic carbocycles. The Morgan fingerprint density at radius 3 is 2.58 bits per heavy atom. The maximum Gasteiger partial charge on any atom is 0.268 e. The van der Waals surface area contributed by atoms with Gasteiger partial charge in [0.2, 0.25) is 11.8 Å². The lowest BCUT2D eigenvalue weighted by Crippen LogP contribution is -2.50. The van der Waals surface area contributed by atoms with Crippen molar-refractivity contribution >= 4 is 34.3 Å². The van der Waals surface area contributed by atoms with Crippen molar-refractivity contribution in [2.24, 2.45) is 11.8 Å². The van der Waals surface area contributed by atoms with Gasteiger partial charge in [-0.05, 0) is 49.1 Å². The van der Waals surface area contributed by atoms with Crippen molar-refractivity contribution in [2.75, 3.05) is 25.6 Å². The van der Waals surface area contributed by atoms with Gasteiger partial charge in [0, 0.05) is 30.2 Å². The molecule has 1 aliphatic heterocycles. The summed E-state index contributed by atoms with van der Waals surface area (Å²) in [7, 11) is 3.26. The Morgan fingerprint density at radius 1 is 1.18 bits per heavy atom. The van der Waals surface area contributed by atoms with Gasteiger partial charge in [0.1, 0.15) is 23.5 Å². The molecule has 0 radical (unpaired) electrons. The minimum Gasteiger partial charge on any atom is -0.496 e. The smallest absolute Gasteiger partial charge is 0.268 e. The Hall–Kier alpha value is -4.32. The molecule has 0 bridgehead atoms. The fourth-order valence-electron chi connectivity index (χ4n) is 4.99. The second-order valence-corrected chi connectivity index (χ2v) is 10.1. The number of likely N-dealkylation sites (tertiary alicyclic amines) is 1. The number of ether oxygens (including phenoxy) is 1. The number of para-hydroxylation sites is 1. The number of nitrogens with one attached hydrogen (secondary N) is 2. The molecule has 1 fully saturated rings. The first kappa shape index (κ1) is 26.7. The summed E-state index contributed by atoms with van der Waals surface area (Å²) >= 11 is 0. The molecule has 4 rings (SSSR count). The summed E-state index contributed by atoms with van der Waals surface area (Å²) in [6.45, 7) is 4.06. The zero-order chi connectivity index (χ0) is 27.4. The summed E-state index contributed by atoms with van der Waals surface area (Å²) in [6.07, 6.45) is 0.647. The highest BCUT2D eigenvalue weighted by Crippen LogP contribution is 2.29. The highest BCUT2D eigenvalue weighted by Gasteiger charge is 2.42. The maximum absolute atomic E-state index is 13.7. The summed E-state index contributed by atoms with van der Waals surface area (Å²) in [5.74, 6) is -0.695. The number of methoxy groups -OCH3 is 1. The van der Waals surface area contributed by atoms with Gasteiger partial charge in [-0.2, -0.15) is 5.26 Å². The van der Waals surface area contributed by atoms with E-state index < -0.39 is 23.9 Å². The Kier molecular flexibility index (Phi) is 8.01. The molecule has 0 spiro atoms. The van der Waals surface area contributed by atoms with Crippen LogP contribution >= 0.6 is 0 Å². The monoisotopic (exact) mass is 515 g/mol. The van der Waals surface area contributed by atoms with Crippen LogP contribution in [0, 0.1) is 23.2 Å². The number of H-pyrrole nitrogens is 1. The Labute approximate surface area is 222 Å². The van der Waals surface area contributed by atoms with Crippen LogP contribution in [0.5, 0.6) is 5.75 Å². The van der Waals surface area contributed by atoms with Crippen LogP contribution in [0.15, 0.2) is 54.6 Å². The fourth-order valence-corrected chi connectivity index (χ4v) is 4.99. The van der Waals surface area contributed by atoms with Crippen LogP contribution in [0.3, 0.4) is 0 Å². The van der Waals surface area contributed by atoms with Crippen molar-refractivity contribution < 1.29 is 19.1 Å². The number of hydrogen-bond donors (Lipinski definition) is 2. The van der Waals surface area contributed by atoms with Gasteiger partial charge in [0.25, 0.3) is 5.91 Å². The maximum atomic E-state index is 13.7. The normalized spacial score (nSPS) is 17.7. The molecule has 9 nitrogen and oxygen atoms in total. The standard InChI is InChI=1S/C29H33N5O4/c1-18(2)13-25(32-27(35)24-15-22-23(31-24)11-8-12-26(22)38-4)29(37)34-17-19(14-21(34)16-30)28(36)33(3)20-9-6-5-7-10-20/h5-12,15,18-19,21,25,31H,13-14,17H2,1-4H3,(H,32,35).